The average molecular weight is 306 g/mol. The van der Waals surface area contributed by atoms with Gasteiger partial charge in [0.05, 0.1) is 17.5 Å². The van der Waals surface area contributed by atoms with Gasteiger partial charge in [-0.1, -0.05) is 12.1 Å². The van der Waals surface area contributed by atoms with Crippen molar-refractivity contribution < 1.29 is 18.3 Å². The van der Waals surface area contributed by atoms with Crippen LogP contribution in [-0.4, -0.2) is 12.1 Å². The van der Waals surface area contributed by atoms with Crippen molar-refractivity contribution in [1.82, 2.24) is 0 Å². The van der Waals surface area contributed by atoms with Crippen molar-refractivity contribution in [2.75, 3.05) is 10.6 Å². The first kappa shape index (κ1) is 15.8. The van der Waals surface area contributed by atoms with Crippen LogP contribution >= 0.6 is 0 Å². The molecular weight excluding hydrogens is 290 g/mol. The summed E-state index contributed by atoms with van der Waals surface area (Å²) in [6, 6.07) is 9.17. The van der Waals surface area contributed by atoms with Gasteiger partial charge in [-0.2, -0.15) is 0 Å². The van der Waals surface area contributed by atoms with E-state index in [0.717, 1.165) is 12.1 Å². The van der Waals surface area contributed by atoms with Crippen LogP contribution < -0.4 is 15.4 Å². The van der Waals surface area contributed by atoms with Gasteiger partial charge >= 0.3 is 6.03 Å². The van der Waals surface area contributed by atoms with Gasteiger partial charge in [-0.3, -0.25) is 0 Å². The Hall–Kier alpha value is -2.63. The molecule has 0 fully saturated rings. The van der Waals surface area contributed by atoms with Gasteiger partial charge in [0.1, 0.15) is 17.4 Å². The molecule has 2 aromatic rings. The number of ether oxygens (including phenoxy) is 1. The third kappa shape index (κ3) is 4.18. The van der Waals surface area contributed by atoms with E-state index in [0.29, 0.717) is 17.5 Å². The zero-order chi connectivity index (χ0) is 16.1. The molecule has 0 saturated heterocycles. The van der Waals surface area contributed by atoms with Crippen LogP contribution in [-0.2, 0) is 0 Å². The second-order valence-corrected chi connectivity index (χ2v) is 4.87. The zero-order valence-corrected chi connectivity index (χ0v) is 12.2. The number of nitrogens with one attached hydrogen (secondary N) is 2. The molecule has 4 nitrogen and oxygen atoms in total. The molecule has 0 heterocycles. The maximum atomic E-state index is 13.5. The molecule has 0 bridgehead atoms. The van der Waals surface area contributed by atoms with E-state index in [1.54, 1.807) is 24.3 Å². The summed E-state index contributed by atoms with van der Waals surface area (Å²) >= 11 is 0. The van der Waals surface area contributed by atoms with Crippen LogP contribution in [0.15, 0.2) is 42.5 Å². The Morgan fingerprint density at radius 2 is 1.73 bits per heavy atom. The number of amides is 2. The van der Waals surface area contributed by atoms with Gasteiger partial charge in [0, 0.05) is 6.07 Å². The summed E-state index contributed by atoms with van der Waals surface area (Å²) in [6.45, 7) is 3.73. The summed E-state index contributed by atoms with van der Waals surface area (Å²) < 4.78 is 31.9. The Kier molecular flexibility index (Phi) is 4.93. The molecule has 2 amide bonds. The molecule has 0 aliphatic carbocycles. The van der Waals surface area contributed by atoms with Crippen molar-refractivity contribution in [3.05, 3.63) is 54.1 Å². The third-order valence-corrected chi connectivity index (χ3v) is 2.68. The standard InChI is InChI=1S/C16H16F2N2O2/c1-10(2)22-15-6-4-3-5-14(15)20-16(21)19-13-8-7-11(17)9-12(13)18/h3-10H,1-2H3,(H2,19,20,21). The smallest absolute Gasteiger partial charge is 0.323 e. The van der Waals surface area contributed by atoms with E-state index in [-0.39, 0.29) is 11.8 Å². The number of hydrogen-bond acceptors (Lipinski definition) is 2. The Morgan fingerprint density at radius 3 is 2.41 bits per heavy atom. The SMILES string of the molecule is CC(C)Oc1ccccc1NC(=O)Nc1ccc(F)cc1F. The van der Waals surface area contributed by atoms with Gasteiger partial charge in [0.15, 0.2) is 0 Å². The summed E-state index contributed by atoms with van der Waals surface area (Å²) in [7, 11) is 0. The molecule has 0 saturated carbocycles. The van der Waals surface area contributed by atoms with E-state index in [9.17, 15) is 13.6 Å². The number of halogens is 2. The molecule has 0 aliphatic heterocycles. The van der Waals surface area contributed by atoms with Crippen molar-refractivity contribution in [3.8, 4) is 5.75 Å². The lowest BCUT2D eigenvalue weighted by Crippen LogP contribution is -2.21. The molecule has 0 unspecified atom stereocenters. The number of carbonyl (C=O) groups is 1. The summed E-state index contributed by atoms with van der Waals surface area (Å²) in [5.74, 6) is -1.05. The molecule has 6 heteroatoms. The first-order valence-electron chi connectivity index (χ1n) is 6.74. The van der Waals surface area contributed by atoms with E-state index in [2.05, 4.69) is 10.6 Å². The number of para-hydroxylation sites is 2. The van der Waals surface area contributed by atoms with Crippen molar-refractivity contribution >= 4 is 17.4 Å². The molecule has 116 valence electrons. The number of urea groups is 1. The summed E-state index contributed by atoms with van der Waals surface area (Å²) in [5.41, 5.74) is 0.345. The van der Waals surface area contributed by atoms with Crippen LogP contribution in [0.3, 0.4) is 0 Å². The van der Waals surface area contributed by atoms with Gasteiger partial charge in [0.25, 0.3) is 0 Å². The number of rotatable bonds is 4. The highest BCUT2D eigenvalue weighted by atomic mass is 19.1. The largest absolute Gasteiger partial charge is 0.489 e. The molecule has 0 spiro atoms. The molecule has 0 radical (unpaired) electrons. The normalized spacial score (nSPS) is 10.4. The van der Waals surface area contributed by atoms with E-state index in [4.69, 9.17) is 4.74 Å². The van der Waals surface area contributed by atoms with Gasteiger partial charge in [-0.15, -0.1) is 0 Å². The van der Waals surface area contributed by atoms with Gasteiger partial charge in [-0.25, -0.2) is 13.6 Å². The van der Waals surface area contributed by atoms with E-state index >= 15 is 0 Å². The van der Waals surface area contributed by atoms with E-state index in [1.807, 2.05) is 13.8 Å². The van der Waals surface area contributed by atoms with Crippen molar-refractivity contribution in [1.29, 1.82) is 0 Å². The lowest BCUT2D eigenvalue weighted by molar-refractivity contribution is 0.243. The van der Waals surface area contributed by atoms with E-state index in [1.165, 1.54) is 0 Å². The molecule has 22 heavy (non-hydrogen) atoms. The van der Waals surface area contributed by atoms with Gasteiger partial charge in [-0.05, 0) is 38.1 Å². The van der Waals surface area contributed by atoms with Crippen LogP contribution in [0.5, 0.6) is 5.75 Å². The van der Waals surface area contributed by atoms with Crippen molar-refractivity contribution in [2.45, 2.75) is 20.0 Å². The number of anilines is 2. The first-order chi connectivity index (χ1) is 10.5. The van der Waals surface area contributed by atoms with Gasteiger partial charge < -0.3 is 15.4 Å². The van der Waals surface area contributed by atoms with Crippen LogP contribution in [0.1, 0.15) is 13.8 Å². The highest BCUT2D eigenvalue weighted by Crippen LogP contribution is 2.25. The second kappa shape index (κ2) is 6.89. The fourth-order valence-corrected chi connectivity index (χ4v) is 1.79. The summed E-state index contributed by atoms with van der Waals surface area (Å²) in [6.07, 6.45) is -0.0550. The Morgan fingerprint density at radius 1 is 1.05 bits per heavy atom. The minimum absolute atomic E-state index is 0.0550. The Labute approximate surface area is 127 Å². The fraction of sp³-hybridized carbons (Fsp3) is 0.188. The highest BCUT2D eigenvalue weighted by Gasteiger charge is 2.11. The molecule has 2 aromatic carbocycles. The highest BCUT2D eigenvalue weighted by molar-refractivity contribution is 6.00. The topological polar surface area (TPSA) is 50.4 Å². The minimum atomic E-state index is -0.845. The van der Waals surface area contributed by atoms with Crippen molar-refractivity contribution in [2.24, 2.45) is 0 Å². The Balaban J connectivity index is 2.09. The van der Waals surface area contributed by atoms with Crippen LogP contribution in [0, 0.1) is 11.6 Å². The summed E-state index contributed by atoms with van der Waals surface area (Å²) in [5, 5.41) is 4.89. The number of hydrogen-bond donors (Lipinski definition) is 2. The molecule has 2 N–H and O–H groups in total. The van der Waals surface area contributed by atoms with Crippen LogP contribution in [0.25, 0.3) is 0 Å². The minimum Gasteiger partial charge on any atom is -0.489 e. The number of carbonyl (C=O) groups excluding carboxylic acids is 1. The maximum Gasteiger partial charge on any atom is 0.323 e. The molecule has 0 atom stereocenters. The lowest BCUT2D eigenvalue weighted by Gasteiger charge is -2.15. The predicted molar refractivity (Wildman–Crippen MR) is 81.2 cm³/mol. The lowest BCUT2D eigenvalue weighted by atomic mass is 10.3. The molecule has 2 rings (SSSR count). The molecule has 0 aromatic heterocycles. The molecule has 0 aliphatic rings. The fourth-order valence-electron chi connectivity index (χ4n) is 1.79. The summed E-state index contributed by atoms with van der Waals surface area (Å²) in [4.78, 5) is 11.9. The van der Waals surface area contributed by atoms with E-state index < -0.39 is 17.7 Å². The maximum absolute atomic E-state index is 13.5. The molecular formula is C16H16F2N2O2. The number of benzene rings is 2. The zero-order valence-electron chi connectivity index (χ0n) is 12.2. The second-order valence-electron chi connectivity index (χ2n) is 4.87. The van der Waals surface area contributed by atoms with Gasteiger partial charge in [0.2, 0.25) is 0 Å². The predicted octanol–water partition coefficient (Wildman–Crippen LogP) is 4.40. The van der Waals surface area contributed by atoms with Crippen molar-refractivity contribution in [3.63, 3.8) is 0 Å². The van der Waals surface area contributed by atoms with Crippen LogP contribution in [0.2, 0.25) is 0 Å². The van der Waals surface area contributed by atoms with Crippen LogP contribution in [0.4, 0.5) is 25.0 Å². The monoisotopic (exact) mass is 306 g/mol. The first-order valence-corrected chi connectivity index (χ1v) is 6.74. The third-order valence-electron chi connectivity index (χ3n) is 2.68. The Bertz CT molecular complexity index is 675. The quantitative estimate of drug-likeness (QED) is 0.880. The average Bonchev–Trinajstić information content (AvgIpc) is 2.43.